The van der Waals surface area contributed by atoms with Crippen LogP contribution in [0.3, 0.4) is 0 Å². The van der Waals surface area contributed by atoms with Gasteiger partial charge in [0.15, 0.2) is 0 Å². The van der Waals surface area contributed by atoms with Gasteiger partial charge in [-0.25, -0.2) is 0 Å². The van der Waals surface area contributed by atoms with Crippen LogP contribution in [0.2, 0.25) is 0 Å². The van der Waals surface area contributed by atoms with E-state index >= 15 is 0 Å². The highest BCUT2D eigenvalue weighted by molar-refractivity contribution is 9.25. The Morgan fingerprint density at radius 3 is 2.12 bits per heavy atom. The van der Waals surface area contributed by atoms with Crippen LogP contribution in [0.4, 0.5) is 0 Å². The van der Waals surface area contributed by atoms with Gasteiger partial charge in [-0.15, -0.1) is 0 Å². The van der Waals surface area contributed by atoms with Gasteiger partial charge in [0.2, 0.25) is 0 Å². The van der Waals surface area contributed by atoms with Crippen molar-refractivity contribution in [2.45, 2.75) is 29.4 Å². The van der Waals surface area contributed by atoms with Crippen molar-refractivity contribution in [3.8, 4) is 0 Å². The van der Waals surface area contributed by atoms with E-state index in [-0.39, 0.29) is 3.23 Å². The molecular weight excluding hydrogens is 232 g/mol. The van der Waals surface area contributed by atoms with Crippen LogP contribution in [0.15, 0.2) is 0 Å². The summed E-state index contributed by atoms with van der Waals surface area (Å²) in [6.07, 6.45) is 3.16. The van der Waals surface area contributed by atoms with E-state index in [1.807, 2.05) is 0 Å². The Hall–Kier alpha value is 0.960. The lowest BCUT2D eigenvalue weighted by molar-refractivity contribution is 0.723. The third-order valence-electron chi connectivity index (χ3n) is 1.06. The second-order valence-electron chi connectivity index (χ2n) is 1.81. The molecule has 0 aromatic carbocycles. The normalized spacial score (nSPS) is 12.0. The molecule has 0 fully saturated rings. The van der Waals surface area contributed by atoms with E-state index in [0.29, 0.717) is 0 Å². The molecule has 0 aromatic rings. The van der Waals surface area contributed by atoms with Crippen LogP contribution < -0.4 is 0 Å². The summed E-state index contributed by atoms with van der Waals surface area (Å²) in [6.45, 7) is 5.90. The average molecular weight is 243 g/mol. The molecule has 0 atom stereocenters. The number of halogens is 2. The summed E-state index contributed by atoms with van der Waals surface area (Å²) in [7, 11) is 0. The fraction of sp³-hybridized carbons (Fsp3) is 0.833. The van der Waals surface area contributed by atoms with Gasteiger partial charge in [-0.05, 0) is 12.8 Å². The first-order valence-electron chi connectivity index (χ1n) is 2.79. The molecule has 0 rings (SSSR count). The predicted octanol–water partition coefficient (Wildman–Crippen LogP) is 3.50. The molecule has 8 heavy (non-hydrogen) atoms. The molecule has 0 amide bonds. The van der Waals surface area contributed by atoms with Crippen LogP contribution in [-0.2, 0) is 0 Å². The molecule has 49 valence electrons. The van der Waals surface area contributed by atoms with Crippen LogP contribution in [0.25, 0.3) is 0 Å². The highest BCUT2D eigenvalue weighted by Crippen LogP contribution is 2.34. The number of hydrogen-bond donors (Lipinski definition) is 0. The van der Waals surface area contributed by atoms with Crippen LogP contribution >= 0.6 is 31.9 Å². The van der Waals surface area contributed by atoms with E-state index in [4.69, 9.17) is 0 Å². The Morgan fingerprint density at radius 2 is 2.00 bits per heavy atom. The summed E-state index contributed by atoms with van der Waals surface area (Å²) in [5.74, 6) is 0. The summed E-state index contributed by atoms with van der Waals surface area (Å²) in [4.78, 5) is 0. The standard InChI is InChI=1S/C6H11Br2/c1-3-5-6(7,8)4-2/h1,3-5H2,2H3. The molecule has 0 aliphatic rings. The second kappa shape index (κ2) is 3.89. The van der Waals surface area contributed by atoms with Crippen molar-refractivity contribution >= 4 is 31.9 Å². The van der Waals surface area contributed by atoms with Crippen molar-refractivity contribution in [2.75, 3.05) is 0 Å². The third kappa shape index (κ3) is 3.90. The molecule has 0 spiro atoms. The number of hydrogen-bond acceptors (Lipinski definition) is 0. The van der Waals surface area contributed by atoms with Gasteiger partial charge in [-0.3, -0.25) is 0 Å². The zero-order valence-electron chi connectivity index (χ0n) is 5.08. The van der Waals surface area contributed by atoms with E-state index in [0.717, 1.165) is 19.3 Å². The molecule has 1 radical (unpaired) electrons. The van der Waals surface area contributed by atoms with Crippen LogP contribution in [-0.4, -0.2) is 3.23 Å². The smallest absolute Gasteiger partial charge is 0.0727 e. The number of alkyl halides is 2. The SMILES string of the molecule is [CH2]CCC(Br)(Br)CC. The molecule has 0 heterocycles. The van der Waals surface area contributed by atoms with Crippen LogP contribution in [0.1, 0.15) is 26.2 Å². The Bertz CT molecular complexity index is 59.5. The monoisotopic (exact) mass is 241 g/mol. The zero-order valence-corrected chi connectivity index (χ0v) is 8.26. The lowest BCUT2D eigenvalue weighted by Crippen LogP contribution is -2.07. The highest BCUT2D eigenvalue weighted by Gasteiger charge is 2.17. The first-order valence-corrected chi connectivity index (χ1v) is 4.38. The van der Waals surface area contributed by atoms with Gasteiger partial charge in [0.05, 0.1) is 3.23 Å². The lowest BCUT2D eigenvalue weighted by Gasteiger charge is -2.15. The topological polar surface area (TPSA) is 0 Å². The van der Waals surface area contributed by atoms with Gasteiger partial charge in [-0.2, -0.15) is 0 Å². The van der Waals surface area contributed by atoms with Gasteiger partial charge in [0.1, 0.15) is 0 Å². The molecule has 0 aromatic heterocycles. The molecular formula is C6H11Br2. The quantitative estimate of drug-likeness (QED) is 0.665. The molecule has 0 saturated carbocycles. The first-order chi connectivity index (χ1) is 3.62. The van der Waals surface area contributed by atoms with Crippen LogP contribution in [0, 0.1) is 6.92 Å². The van der Waals surface area contributed by atoms with Gasteiger partial charge in [0.25, 0.3) is 0 Å². The first kappa shape index (κ1) is 8.96. The lowest BCUT2D eigenvalue weighted by atomic mass is 10.2. The molecule has 0 aliphatic heterocycles. The zero-order chi connectivity index (χ0) is 6.62. The minimum Gasteiger partial charge on any atom is -0.0727 e. The van der Waals surface area contributed by atoms with E-state index in [1.54, 1.807) is 0 Å². The number of rotatable bonds is 3. The van der Waals surface area contributed by atoms with Crippen molar-refractivity contribution < 1.29 is 0 Å². The van der Waals surface area contributed by atoms with E-state index < -0.39 is 0 Å². The predicted molar refractivity (Wildman–Crippen MR) is 45.5 cm³/mol. The summed E-state index contributed by atoms with van der Waals surface area (Å²) in [6, 6.07) is 0. The van der Waals surface area contributed by atoms with Crippen molar-refractivity contribution in [1.29, 1.82) is 0 Å². The summed E-state index contributed by atoms with van der Waals surface area (Å²) in [5, 5.41) is 0. The Balaban J connectivity index is 3.37. The molecule has 0 unspecified atom stereocenters. The molecule has 0 nitrogen and oxygen atoms in total. The minimum absolute atomic E-state index is 0.155. The molecule has 0 N–H and O–H groups in total. The third-order valence-corrected chi connectivity index (χ3v) is 2.97. The van der Waals surface area contributed by atoms with Crippen molar-refractivity contribution in [3.63, 3.8) is 0 Å². The van der Waals surface area contributed by atoms with E-state index in [2.05, 4.69) is 45.7 Å². The molecule has 0 aliphatic carbocycles. The largest absolute Gasteiger partial charge is 0.0803 e. The van der Waals surface area contributed by atoms with Gasteiger partial charge in [-0.1, -0.05) is 52.1 Å². The fourth-order valence-electron chi connectivity index (χ4n) is 0.435. The summed E-state index contributed by atoms with van der Waals surface area (Å²) in [5.41, 5.74) is 0. The fourth-order valence-corrected chi connectivity index (χ4v) is 0.996. The minimum atomic E-state index is 0.155. The molecule has 2 heteroatoms. The Labute approximate surface area is 68.3 Å². The summed E-state index contributed by atoms with van der Waals surface area (Å²) >= 11 is 7.04. The second-order valence-corrected chi connectivity index (χ2v) is 5.91. The Morgan fingerprint density at radius 1 is 1.50 bits per heavy atom. The maximum atomic E-state index is 3.76. The van der Waals surface area contributed by atoms with Crippen molar-refractivity contribution in [2.24, 2.45) is 0 Å². The maximum absolute atomic E-state index is 3.76. The Kier molecular flexibility index (Phi) is 4.35. The average Bonchev–Trinajstić information content (AvgIpc) is 1.67. The summed E-state index contributed by atoms with van der Waals surface area (Å²) < 4.78 is 0.155. The molecule has 0 bridgehead atoms. The maximum Gasteiger partial charge on any atom is 0.0803 e. The highest BCUT2D eigenvalue weighted by atomic mass is 79.9. The van der Waals surface area contributed by atoms with Gasteiger partial charge < -0.3 is 0 Å². The van der Waals surface area contributed by atoms with Crippen molar-refractivity contribution in [3.05, 3.63) is 6.92 Å². The van der Waals surface area contributed by atoms with Crippen molar-refractivity contribution in [1.82, 2.24) is 0 Å². The van der Waals surface area contributed by atoms with Gasteiger partial charge >= 0.3 is 0 Å². The molecule has 0 saturated heterocycles. The van der Waals surface area contributed by atoms with Gasteiger partial charge in [0, 0.05) is 0 Å². The van der Waals surface area contributed by atoms with Crippen LogP contribution in [0.5, 0.6) is 0 Å². The van der Waals surface area contributed by atoms with E-state index in [1.165, 1.54) is 0 Å². The van der Waals surface area contributed by atoms with E-state index in [9.17, 15) is 0 Å².